The fraction of sp³-hybridized carbons (Fsp3) is 0.500. The smallest absolute Gasteiger partial charge is 0.255 e. The first-order valence-corrected chi connectivity index (χ1v) is 6.33. The number of methoxy groups -OCH3 is 1. The van der Waals surface area contributed by atoms with Gasteiger partial charge in [0, 0.05) is 0 Å². The first-order chi connectivity index (χ1) is 9.03. The molecule has 3 N–H and O–H groups in total. The zero-order valence-corrected chi connectivity index (χ0v) is 11.6. The molecule has 1 aromatic carbocycles. The van der Waals surface area contributed by atoms with Crippen molar-refractivity contribution < 1.29 is 19.7 Å². The summed E-state index contributed by atoms with van der Waals surface area (Å²) in [6.45, 7) is 3.65. The number of hydrogen-bond acceptors (Lipinski definition) is 4. The minimum atomic E-state index is -0.660. The van der Waals surface area contributed by atoms with E-state index in [2.05, 4.69) is 5.32 Å². The van der Waals surface area contributed by atoms with Crippen LogP contribution in [0.25, 0.3) is 0 Å². The van der Waals surface area contributed by atoms with Crippen LogP contribution >= 0.6 is 0 Å². The number of nitrogens with one attached hydrogen (secondary N) is 1. The Balaban J connectivity index is 3.01. The molecule has 0 unspecified atom stereocenters. The van der Waals surface area contributed by atoms with Crippen molar-refractivity contribution in [3.05, 3.63) is 23.8 Å². The van der Waals surface area contributed by atoms with Gasteiger partial charge in [-0.1, -0.05) is 19.9 Å². The maximum absolute atomic E-state index is 12.2. The van der Waals surface area contributed by atoms with Crippen LogP contribution in [0.3, 0.4) is 0 Å². The van der Waals surface area contributed by atoms with Crippen molar-refractivity contribution in [1.82, 2.24) is 5.32 Å². The van der Waals surface area contributed by atoms with E-state index in [1.165, 1.54) is 13.2 Å². The van der Waals surface area contributed by atoms with Gasteiger partial charge in [-0.15, -0.1) is 0 Å². The van der Waals surface area contributed by atoms with Crippen molar-refractivity contribution in [2.45, 2.75) is 32.2 Å². The number of phenolic OH excluding ortho intramolecular Hbond substituents is 1. The van der Waals surface area contributed by atoms with Crippen LogP contribution in [-0.2, 0) is 0 Å². The quantitative estimate of drug-likeness (QED) is 0.732. The molecule has 0 saturated carbocycles. The van der Waals surface area contributed by atoms with E-state index < -0.39 is 11.4 Å². The first-order valence-electron chi connectivity index (χ1n) is 6.33. The summed E-state index contributed by atoms with van der Waals surface area (Å²) in [7, 11) is 1.42. The normalized spacial score (nSPS) is 11.2. The van der Waals surface area contributed by atoms with Crippen molar-refractivity contribution in [3.8, 4) is 11.5 Å². The molecule has 0 spiro atoms. The zero-order valence-electron chi connectivity index (χ0n) is 11.6. The third-order valence-corrected chi connectivity index (χ3v) is 3.50. The Morgan fingerprint density at radius 2 is 2.00 bits per heavy atom. The van der Waals surface area contributed by atoms with Crippen molar-refractivity contribution in [1.29, 1.82) is 0 Å². The van der Waals surface area contributed by atoms with E-state index in [1.807, 2.05) is 13.8 Å². The van der Waals surface area contributed by atoms with E-state index in [0.29, 0.717) is 12.8 Å². The molecule has 1 amide bonds. The average Bonchev–Trinajstić information content (AvgIpc) is 2.45. The van der Waals surface area contributed by atoms with Gasteiger partial charge >= 0.3 is 0 Å². The maximum Gasteiger partial charge on any atom is 0.255 e. The highest BCUT2D eigenvalue weighted by Crippen LogP contribution is 2.29. The number of rotatable bonds is 6. The van der Waals surface area contributed by atoms with E-state index in [1.54, 1.807) is 12.1 Å². The lowest BCUT2D eigenvalue weighted by atomic mass is 9.93. The van der Waals surface area contributed by atoms with Gasteiger partial charge in [-0.2, -0.15) is 0 Å². The number of aromatic hydroxyl groups is 1. The number of carbonyl (C=O) groups is 1. The minimum absolute atomic E-state index is 0.138. The Kier molecular flexibility index (Phi) is 5.18. The lowest BCUT2D eigenvalue weighted by Gasteiger charge is -2.30. The Morgan fingerprint density at radius 3 is 2.47 bits per heavy atom. The van der Waals surface area contributed by atoms with Gasteiger partial charge in [0.15, 0.2) is 11.5 Å². The van der Waals surface area contributed by atoms with Crippen LogP contribution in [-0.4, -0.2) is 35.4 Å². The van der Waals surface area contributed by atoms with E-state index in [9.17, 15) is 15.0 Å². The summed E-state index contributed by atoms with van der Waals surface area (Å²) in [5.74, 6) is -0.369. The number of ether oxygens (including phenoxy) is 1. The predicted octanol–water partition coefficient (Wildman–Crippen LogP) is 1.68. The molecule has 0 atom stereocenters. The summed E-state index contributed by atoms with van der Waals surface area (Å²) < 4.78 is 4.97. The molecule has 0 aliphatic carbocycles. The van der Waals surface area contributed by atoms with Crippen LogP contribution in [0.15, 0.2) is 18.2 Å². The number of para-hydroxylation sites is 1. The van der Waals surface area contributed by atoms with E-state index >= 15 is 0 Å². The number of benzene rings is 1. The van der Waals surface area contributed by atoms with Gasteiger partial charge in [0.2, 0.25) is 0 Å². The molecule has 0 aliphatic rings. The number of amides is 1. The van der Waals surface area contributed by atoms with Crippen LogP contribution in [0.1, 0.15) is 37.0 Å². The number of carbonyl (C=O) groups excluding carboxylic acids is 1. The molecule has 5 heteroatoms. The highest BCUT2D eigenvalue weighted by Gasteiger charge is 2.28. The Morgan fingerprint density at radius 1 is 1.37 bits per heavy atom. The minimum Gasteiger partial charge on any atom is -0.504 e. The average molecular weight is 267 g/mol. The molecule has 0 fully saturated rings. The molecule has 106 valence electrons. The van der Waals surface area contributed by atoms with Crippen LogP contribution in [0.2, 0.25) is 0 Å². The lowest BCUT2D eigenvalue weighted by molar-refractivity contribution is 0.0814. The van der Waals surface area contributed by atoms with Gasteiger partial charge < -0.3 is 20.3 Å². The molecule has 5 nitrogen and oxygen atoms in total. The van der Waals surface area contributed by atoms with Gasteiger partial charge in [-0.25, -0.2) is 0 Å². The van der Waals surface area contributed by atoms with Crippen molar-refractivity contribution >= 4 is 5.91 Å². The molecular formula is C14H21NO4. The number of hydrogen-bond donors (Lipinski definition) is 3. The van der Waals surface area contributed by atoms with Gasteiger partial charge in [0.1, 0.15) is 0 Å². The van der Waals surface area contributed by atoms with Gasteiger partial charge in [0.05, 0.1) is 24.8 Å². The summed E-state index contributed by atoms with van der Waals surface area (Å²) in [4.78, 5) is 12.2. The largest absolute Gasteiger partial charge is 0.504 e. The van der Waals surface area contributed by atoms with E-state index in [4.69, 9.17) is 4.74 Å². The van der Waals surface area contributed by atoms with Crippen LogP contribution in [0.4, 0.5) is 0 Å². The Hall–Kier alpha value is -1.75. The molecule has 0 bridgehead atoms. The fourth-order valence-corrected chi connectivity index (χ4v) is 1.87. The molecule has 19 heavy (non-hydrogen) atoms. The summed E-state index contributed by atoms with van der Waals surface area (Å²) in [5.41, 5.74) is -0.522. The fourth-order valence-electron chi connectivity index (χ4n) is 1.87. The molecule has 0 saturated heterocycles. The topological polar surface area (TPSA) is 78.8 Å². The van der Waals surface area contributed by atoms with E-state index in [-0.39, 0.29) is 23.7 Å². The van der Waals surface area contributed by atoms with Crippen molar-refractivity contribution in [3.63, 3.8) is 0 Å². The zero-order chi connectivity index (χ0) is 14.5. The van der Waals surface area contributed by atoms with Gasteiger partial charge in [-0.05, 0) is 25.0 Å². The molecule has 1 rings (SSSR count). The highest BCUT2D eigenvalue weighted by molar-refractivity contribution is 5.98. The summed E-state index contributed by atoms with van der Waals surface area (Å²) in [6, 6.07) is 4.72. The van der Waals surface area contributed by atoms with Crippen LogP contribution in [0, 0.1) is 0 Å². The monoisotopic (exact) mass is 267 g/mol. The number of phenols is 1. The van der Waals surface area contributed by atoms with Gasteiger partial charge in [-0.3, -0.25) is 4.79 Å². The van der Waals surface area contributed by atoms with Crippen molar-refractivity contribution in [2.75, 3.05) is 13.7 Å². The summed E-state index contributed by atoms with van der Waals surface area (Å²) in [5, 5.41) is 22.1. The van der Waals surface area contributed by atoms with Crippen molar-refractivity contribution in [2.24, 2.45) is 0 Å². The second-order valence-corrected chi connectivity index (χ2v) is 4.46. The number of aliphatic hydroxyl groups is 1. The first kappa shape index (κ1) is 15.3. The molecule has 0 aliphatic heterocycles. The van der Waals surface area contributed by atoms with Gasteiger partial charge in [0.25, 0.3) is 5.91 Å². The second kappa shape index (κ2) is 6.43. The summed E-state index contributed by atoms with van der Waals surface area (Å²) in [6.07, 6.45) is 1.22. The molecule has 0 radical (unpaired) electrons. The molecule has 1 aromatic rings. The molecule has 0 aromatic heterocycles. The SMILES string of the molecule is CCC(CC)(CO)NC(=O)c1cccc(OC)c1O. The third-order valence-electron chi connectivity index (χ3n) is 3.50. The van der Waals surface area contributed by atoms with Crippen LogP contribution in [0.5, 0.6) is 11.5 Å². The molecule has 0 heterocycles. The predicted molar refractivity (Wildman–Crippen MR) is 72.5 cm³/mol. The Bertz CT molecular complexity index is 433. The second-order valence-electron chi connectivity index (χ2n) is 4.46. The highest BCUT2D eigenvalue weighted by atomic mass is 16.5. The lowest BCUT2D eigenvalue weighted by Crippen LogP contribution is -2.50. The third kappa shape index (κ3) is 3.17. The maximum atomic E-state index is 12.2. The van der Waals surface area contributed by atoms with E-state index in [0.717, 1.165) is 0 Å². The molecular weight excluding hydrogens is 246 g/mol. The summed E-state index contributed by atoms with van der Waals surface area (Å²) >= 11 is 0. The Labute approximate surface area is 113 Å². The number of aliphatic hydroxyl groups excluding tert-OH is 1. The van der Waals surface area contributed by atoms with Crippen LogP contribution < -0.4 is 10.1 Å². The standard InChI is InChI=1S/C14H21NO4/c1-4-14(5-2,9-16)15-13(18)10-7-6-8-11(19-3)12(10)17/h6-8,16-17H,4-5,9H2,1-3H3,(H,15,18).